The summed E-state index contributed by atoms with van der Waals surface area (Å²) in [5.41, 5.74) is 1.47. The summed E-state index contributed by atoms with van der Waals surface area (Å²) in [6.45, 7) is 6.11. The van der Waals surface area contributed by atoms with E-state index in [2.05, 4.69) is 20.4 Å². The van der Waals surface area contributed by atoms with Gasteiger partial charge in [-0.05, 0) is 45.8 Å². The molecule has 2 heterocycles. The third-order valence-corrected chi connectivity index (χ3v) is 3.21. The van der Waals surface area contributed by atoms with E-state index in [4.69, 9.17) is 0 Å². The molecule has 17 heavy (non-hydrogen) atoms. The van der Waals surface area contributed by atoms with Crippen LogP contribution in [0.15, 0.2) is 6.20 Å². The lowest BCUT2D eigenvalue weighted by molar-refractivity contribution is 0.0951. The number of carbonyl (C=O) groups excluding carboxylic acids is 1. The van der Waals surface area contributed by atoms with Crippen LogP contribution >= 0.6 is 0 Å². The van der Waals surface area contributed by atoms with Gasteiger partial charge >= 0.3 is 0 Å². The van der Waals surface area contributed by atoms with Crippen molar-refractivity contribution in [3.8, 4) is 0 Å². The second-order valence-corrected chi connectivity index (χ2v) is 4.57. The molecular formula is C12H20N4O. The number of H-pyrrole nitrogens is 1. The first-order valence-corrected chi connectivity index (χ1v) is 6.28. The number of aryl methyl sites for hydroxylation is 1. The highest BCUT2D eigenvalue weighted by molar-refractivity contribution is 5.94. The highest BCUT2D eigenvalue weighted by Gasteiger charge is 2.12. The molecule has 0 atom stereocenters. The van der Waals surface area contributed by atoms with Crippen molar-refractivity contribution in [2.45, 2.75) is 26.2 Å². The molecule has 1 aliphatic heterocycles. The first-order valence-electron chi connectivity index (χ1n) is 6.28. The molecule has 1 fully saturated rings. The average Bonchev–Trinajstić information content (AvgIpc) is 2.95. The van der Waals surface area contributed by atoms with E-state index in [1.54, 1.807) is 6.20 Å². The fourth-order valence-corrected chi connectivity index (χ4v) is 2.19. The molecule has 2 N–H and O–H groups in total. The molecule has 0 aromatic carbocycles. The van der Waals surface area contributed by atoms with Crippen LogP contribution in [0.3, 0.4) is 0 Å². The molecule has 5 nitrogen and oxygen atoms in total. The molecule has 1 aromatic heterocycles. The molecule has 0 bridgehead atoms. The number of nitrogens with zero attached hydrogens (tertiary/aromatic N) is 2. The van der Waals surface area contributed by atoms with E-state index in [1.807, 2.05) is 6.92 Å². The molecule has 1 amide bonds. The molecule has 2 rings (SSSR count). The number of hydrogen-bond donors (Lipinski definition) is 2. The van der Waals surface area contributed by atoms with Gasteiger partial charge in [0, 0.05) is 12.2 Å². The summed E-state index contributed by atoms with van der Waals surface area (Å²) in [6, 6.07) is 0. The Morgan fingerprint density at radius 2 is 2.29 bits per heavy atom. The second kappa shape index (κ2) is 5.82. The topological polar surface area (TPSA) is 61.0 Å². The molecule has 1 aliphatic rings. The Bertz CT molecular complexity index is 368. The maximum absolute atomic E-state index is 11.7. The zero-order valence-electron chi connectivity index (χ0n) is 10.3. The first-order chi connectivity index (χ1) is 8.27. The van der Waals surface area contributed by atoms with Gasteiger partial charge in [-0.2, -0.15) is 5.10 Å². The van der Waals surface area contributed by atoms with Crippen molar-refractivity contribution in [3.63, 3.8) is 0 Å². The number of aromatic amines is 1. The molecule has 94 valence electrons. The van der Waals surface area contributed by atoms with Crippen LogP contribution in [0, 0.1) is 6.92 Å². The fraction of sp³-hybridized carbons (Fsp3) is 0.667. The third-order valence-electron chi connectivity index (χ3n) is 3.21. The van der Waals surface area contributed by atoms with Crippen molar-refractivity contribution in [2.24, 2.45) is 0 Å². The van der Waals surface area contributed by atoms with Gasteiger partial charge in [-0.25, -0.2) is 0 Å². The summed E-state index contributed by atoms with van der Waals surface area (Å²) in [5.74, 6) is -0.0299. The lowest BCUT2D eigenvalue weighted by atomic mass is 10.2. The SMILES string of the molecule is Cc1[nH]ncc1C(=O)NCCCN1CCCC1. The zero-order chi connectivity index (χ0) is 12.1. The Labute approximate surface area is 102 Å². The van der Waals surface area contributed by atoms with E-state index in [1.165, 1.54) is 25.9 Å². The smallest absolute Gasteiger partial charge is 0.254 e. The molecule has 1 saturated heterocycles. The molecule has 0 aliphatic carbocycles. The Kier molecular flexibility index (Phi) is 4.14. The highest BCUT2D eigenvalue weighted by Crippen LogP contribution is 2.07. The van der Waals surface area contributed by atoms with Gasteiger partial charge < -0.3 is 10.2 Å². The Hall–Kier alpha value is -1.36. The first kappa shape index (κ1) is 12.1. The maximum Gasteiger partial charge on any atom is 0.254 e. The van der Waals surface area contributed by atoms with Crippen molar-refractivity contribution in [3.05, 3.63) is 17.5 Å². The number of likely N-dealkylation sites (tertiary alicyclic amines) is 1. The van der Waals surface area contributed by atoms with Crippen molar-refractivity contribution in [1.29, 1.82) is 0 Å². The van der Waals surface area contributed by atoms with Crippen LogP contribution in [0.2, 0.25) is 0 Å². The van der Waals surface area contributed by atoms with Crippen LogP contribution in [0.4, 0.5) is 0 Å². The summed E-state index contributed by atoms with van der Waals surface area (Å²) < 4.78 is 0. The Morgan fingerprint density at radius 1 is 1.53 bits per heavy atom. The number of aromatic nitrogens is 2. The largest absolute Gasteiger partial charge is 0.352 e. The van der Waals surface area contributed by atoms with Crippen LogP contribution in [0.5, 0.6) is 0 Å². The minimum Gasteiger partial charge on any atom is -0.352 e. The van der Waals surface area contributed by atoms with E-state index in [9.17, 15) is 4.79 Å². The molecule has 0 unspecified atom stereocenters. The molecule has 1 aromatic rings. The van der Waals surface area contributed by atoms with Gasteiger partial charge in [-0.3, -0.25) is 9.89 Å². The van der Waals surface area contributed by atoms with Gasteiger partial charge in [-0.1, -0.05) is 0 Å². The van der Waals surface area contributed by atoms with Gasteiger partial charge in [0.2, 0.25) is 0 Å². The van der Waals surface area contributed by atoms with E-state index < -0.39 is 0 Å². The normalized spacial score (nSPS) is 16.3. The number of nitrogens with one attached hydrogen (secondary N) is 2. The number of carbonyl (C=O) groups is 1. The van der Waals surface area contributed by atoms with Crippen LogP contribution in [0.1, 0.15) is 35.3 Å². The highest BCUT2D eigenvalue weighted by atomic mass is 16.1. The van der Waals surface area contributed by atoms with Crippen molar-refractivity contribution in [2.75, 3.05) is 26.2 Å². The zero-order valence-corrected chi connectivity index (χ0v) is 10.3. The molecule has 0 spiro atoms. The summed E-state index contributed by atoms with van der Waals surface area (Å²) in [4.78, 5) is 14.2. The Morgan fingerprint density at radius 3 is 2.94 bits per heavy atom. The molecule has 0 radical (unpaired) electrons. The molecular weight excluding hydrogens is 216 g/mol. The maximum atomic E-state index is 11.7. The summed E-state index contributed by atoms with van der Waals surface area (Å²) in [7, 11) is 0. The van der Waals surface area contributed by atoms with Crippen LogP contribution in [-0.2, 0) is 0 Å². The lowest BCUT2D eigenvalue weighted by Crippen LogP contribution is -2.28. The van der Waals surface area contributed by atoms with Gasteiger partial charge in [-0.15, -0.1) is 0 Å². The van der Waals surface area contributed by atoms with Crippen molar-refractivity contribution < 1.29 is 4.79 Å². The lowest BCUT2D eigenvalue weighted by Gasteiger charge is -2.14. The van der Waals surface area contributed by atoms with Gasteiger partial charge in [0.25, 0.3) is 5.91 Å². The minimum atomic E-state index is -0.0299. The third kappa shape index (κ3) is 3.30. The molecule has 5 heteroatoms. The average molecular weight is 236 g/mol. The van der Waals surface area contributed by atoms with Gasteiger partial charge in [0.1, 0.15) is 0 Å². The molecule has 0 saturated carbocycles. The van der Waals surface area contributed by atoms with Crippen LogP contribution in [-0.4, -0.2) is 47.2 Å². The van der Waals surface area contributed by atoms with Gasteiger partial charge in [0.15, 0.2) is 0 Å². The number of amides is 1. The summed E-state index contributed by atoms with van der Waals surface area (Å²) in [5, 5.41) is 9.53. The quantitative estimate of drug-likeness (QED) is 0.748. The minimum absolute atomic E-state index is 0.0299. The predicted octanol–water partition coefficient (Wildman–Crippen LogP) is 0.934. The summed E-state index contributed by atoms with van der Waals surface area (Å²) >= 11 is 0. The van der Waals surface area contributed by atoms with Crippen LogP contribution < -0.4 is 5.32 Å². The van der Waals surface area contributed by atoms with E-state index in [0.29, 0.717) is 5.56 Å². The van der Waals surface area contributed by atoms with E-state index in [0.717, 1.165) is 25.2 Å². The van der Waals surface area contributed by atoms with E-state index in [-0.39, 0.29) is 5.91 Å². The van der Waals surface area contributed by atoms with E-state index >= 15 is 0 Å². The predicted molar refractivity (Wildman–Crippen MR) is 65.9 cm³/mol. The second-order valence-electron chi connectivity index (χ2n) is 4.57. The Balaban J connectivity index is 1.65. The van der Waals surface area contributed by atoms with Crippen molar-refractivity contribution in [1.82, 2.24) is 20.4 Å². The fourth-order valence-electron chi connectivity index (χ4n) is 2.19. The van der Waals surface area contributed by atoms with Crippen LogP contribution in [0.25, 0.3) is 0 Å². The van der Waals surface area contributed by atoms with Gasteiger partial charge in [0.05, 0.1) is 11.8 Å². The van der Waals surface area contributed by atoms with Crippen molar-refractivity contribution >= 4 is 5.91 Å². The number of rotatable bonds is 5. The standard InChI is InChI=1S/C12H20N4O/c1-10-11(9-14-15-10)12(17)13-5-4-8-16-6-2-3-7-16/h9H,2-8H2,1H3,(H,13,17)(H,14,15). The summed E-state index contributed by atoms with van der Waals surface area (Å²) in [6.07, 6.45) is 5.23. The monoisotopic (exact) mass is 236 g/mol. The number of hydrogen-bond acceptors (Lipinski definition) is 3.